The molecule has 1 N–H and O–H groups in total. The van der Waals surface area contributed by atoms with Crippen LogP contribution < -0.4 is 5.32 Å². The number of nitrogens with zero attached hydrogens (tertiary/aromatic N) is 1. The Labute approximate surface area is 172 Å². The summed E-state index contributed by atoms with van der Waals surface area (Å²) < 4.78 is 0. The molecule has 0 heterocycles. The van der Waals surface area contributed by atoms with E-state index in [-0.39, 0.29) is 17.9 Å². The zero-order valence-corrected chi connectivity index (χ0v) is 17.7. The maximum Gasteiger partial charge on any atom is 0.242 e. The van der Waals surface area contributed by atoms with Gasteiger partial charge in [-0.05, 0) is 44.9 Å². The van der Waals surface area contributed by atoms with Gasteiger partial charge >= 0.3 is 0 Å². The zero-order chi connectivity index (χ0) is 20.4. The third-order valence-corrected chi connectivity index (χ3v) is 5.42. The van der Waals surface area contributed by atoms with Crippen LogP contribution >= 0.6 is 11.8 Å². The van der Waals surface area contributed by atoms with Gasteiger partial charge in [0.05, 0.1) is 0 Å². The standard InChI is InChI=1S/C23H30N2O2S/c1-18(2)24-23(27)19(3)25(16-14-20-10-6-4-7-11-20)22(26)15-17-28-21-12-8-5-9-13-21/h4-13,18-19H,14-17H2,1-3H3,(H,24,27)/t19-/m0/s1. The van der Waals surface area contributed by atoms with E-state index < -0.39 is 6.04 Å². The van der Waals surface area contributed by atoms with Crippen LogP contribution in [0.1, 0.15) is 32.8 Å². The summed E-state index contributed by atoms with van der Waals surface area (Å²) in [6.45, 7) is 6.20. The maximum atomic E-state index is 12.9. The minimum Gasteiger partial charge on any atom is -0.352 e. The predicted molar refractivity (Wildman–Crippen MR) is 116 cm³/mol. The van der Waals surface area contributed by atoms with Crippen molar-refractivity contribution in [2.75, 3.05) is 12.3 Å². The molecule has 0 radical (unpaired) electrons. The number of benzene rings is 2. The van der Waals surface area contributed by atoms with Gasteiger partial charge in [-0.1, -0.05) is 48.5 Å². The van der Waals surface area contributed by atoms with Crippen LogP contribution in [0.5, 0.6) is 0 Å². The van der Waals surface area contributed by atoms with Crippen LogP contribution in [0.4, 0.5) is 0 Å². The van der Waals surface area contributed by atoms with Crippen molar-refractivity contribution in [2.24, 2.45) is 0 Å². The minimum absolute atomic E-state index is 0.0192. The van der Waals surface area contributed by atoms with Gasteiger partial charge in [-0.2, -0.15) is 0 Å². The second kappa shape index (κ2) is 11.5. The Hall–Kier alpha value is -2.27. The number of rotatable bonds is 10. The Morgan fingerprint density at radius 1 is 0.964 bits per heavy atom. The Balaban J connectivity index is 1.98. The van der Waals surface area contributed by atoms with Crippen LogP contribution in [0.3, 0.4) is 0 Å². The monoisotopic (exact) mass is 398 g/mol. The topological polar surface area (TPSA) is 49.4 Å². The van der Waals surface area contributed by atoms with Crippen LogP contribution in [-0.2, 0) is 16.0 Å². The van der Waals surface area contributed by atoms with Crippen molar-refractivity contribution in [3.8, 4) is 0 Å². The highest BCUT2D eigenvalue weighted by molar-refractivity contribution is 7.99. The summed E-state index contributed by atoms with van der Waals surface area (Å²) in [6.07, 6.45) is 1.14. The lowest BCUT2D eigenvalue weighted by atomic mass is 10.1. The van der Waals surface area contributed by atoms with Crippen molar-refractivity contribution >= 4 is 23.6 Å². The van der Waals surface area contributed by atoms with Gasteiger partial charge in [0.2, 0.25) is 11.8 Å². The van der Waals surface area contributed by atoms with E-state index in [4.69, 9.17) is 0 Å². The minimum atomic E-state index is -0.486. The van der Waals surface area contributed by atoms with E-state index in [1.54, 1.807) is 16.7 Å². The average Bonchev–Trinajstić information content (AvgIpc) is 2.69. The molecule has 0 saturated heterocycles. The summed E-state index contributed by atoms with van der Waals surface area (Å²) >= 11 is 1.66. The van der Waals surface area contributed by atoms with Gasteiger partial charge in [0.15, 0.2) is 0 Å². The molecule has 4 nitrogen and oxygen atoms in total. The summed E-state index contributed by atoms with van der Waals surface area (Å²) in [4.78, 5) is 28.3. The number of carbonyl (C=O) groups is 2. The van der Waals surface area contributed by atoms with Crippen LogP contribution in [0.25, 0.3) is 0 Å². The number of hydrogen-bond acceptors (Lipinski definition) is 3. The third-order valence-electron chi connectivity index (χ3n) is 4.41. The second-order valence-corrected chi connectivity index (χ2v) is 8.24. The van der Waals surface area contributed by atoms with Gasteiger partial charge in [-0.25, -0.2) is 0 Å². The van der Waals surface area contributed by atoms with E-state index in [0.29, 0.717) is 18.7 Å². The average molecular weight is 399 g/mol. The third kappa shape index (κ3) is 7.39. The molecule has 0 aliphatic heterocycles. The van der Waals surface area contributed by atoms with E-state index in [1.807, 2.05) is 81.4 Å². The summed E-state index contributed by atoms with van der Waals surface area (Å²) in [6, 6.07) is 19.7. The summed E-state index contributed by atoms with van der Waals surface area (Å²) in [5.41, 5.74) is 1.16. The molecule has 0 aliphatic carbocycles. The first kappa shape index (κ1) is 22.0. The molecule has 0 bridgehead atoms. The molecule has 2 aromatic rings. The van der Waals surface area contributed by atoms with Gasteiger partial charge in [-0.15, -0.1) is 11.8 Å². The van der Waals surface area contributed by atoms with Gasteiger partial charge < -0.3 is 10.2 Å². The summed E-state index contributed by atoms with van der Waals surface area (Å²) in [7, 11) is 0. The molecule has 1 atom stereocenters. The molecule has 0 aliphatic rings. The molecule has 2 aromatic carbocycles. The lowest BCUT2D eigenvalue weighted by Gasteiger charge is -2.29. The van der Waals surface area contributed by atoms with Gasteiger partial charge in [-0.3, -0.25) is 9.59 Å². The molecule has 0 aromatic heterocycles. The fourth-order valence-corrected chi connectivity index (χ4v) is 3.75. The Bertz CT molecular complexity index is 735. The fraction of sp³-hybridized carbons (Fsp3) is 0.391. The van der Waals surface area contributed by atoms with E-state index in [2.05, 4.69) is 5.32 Å². The molecular formula is C23H30N2O2S. The molecule has 28 heavy (non-hydrogen) atoms. The first-order valence-electron chi connectivity index (χ1n) is 9.79. The second-order valence-electron chi connectivity index (χ2n) is 7.07. The van der Waals surface area contributed by atoms with Crippen LogP contribution in [-0.4, -0.2) is 41.1 Å². The Kier molecular flexibility index (Phi) is 9.08. The highest BCUT2D eigenvalue weighted by Gasteiger charge is 2.25. The highest BCUT2D eigenvalue weighted by Crippen LogP contribution is 2.19. The molecule has 150 valence electrons. The SMILES string of the molecule is CC(C)NC(=O)[C@H](C)N(CCc1ccccc1)C(=O)CCSc1ccccc1. The van der Waals surface area contributed by atoms with Crippen molar-refractivity contribution in [3.63, 3.8) is 0 Å². The normalized spacial score (nSPS) is 11.9. The van der Waals surface area contributed by atoms with Gasteiger partial charge in [0, 0.05) is 29.7 Å². The molecule has 0 unspecified atom stereocenters. The van der Waals surface area contributed by atoms with E-state index >= 15 is 0 Å². The number of nitrogens with one attached hydrogen (secondary N) is 1. The van der Waals surface area contributed by atoms with E-state index in [1.165, 1.54) is 0 Å². The highest BCUT2D eigenvalue weighted by atomic mass is 32.2. The van der Waals surface area contributed by atoms with Crippen molar-refractivity contribution in [1.82, 2.24) is 10.2 Å². The van der Waals surface area contributed by atoms with Crippen molar-refractivity contribution in [3.05, 3.63) is 66.2 Å². The Morgan fingerprint density at radius 2 is 1.57 bits per heavy atom. The van der Waals surface area contributed by atoms with E-state index in [0.717, 1.165) is 16.9 Å². The van der Waals surface area contributed by atoms with Crippen molar-refractivity contribution in [1.29, 1.82) is 0 Å². The molecule has 0 fully saturated rings. The smallest absolute Gasteiger partial charge is 0.242 e. The molecular weight excluding hydrogens is 368 g/mol. The predicted octanol–water partition coefficient (Wildman–Crippen LogP) is 4.15. The Morgan fingerprint density at radius 3 is 2.18 bits per heavy atom. The largest absolute Gasteiger partial charge is 0.352 e. The lowest BCUT2D eigenvalue weighted by molar-refractivity contribution is -0.139. The summed E-state index contributed by atoms with van der Waals surface area (Å²) in [5, 5.41) is 2.92. The number of carbonyl (C=O) groups excluding carboxylic acids is 2. The number of hydrogen-bond donors (Lipinski definition) is 1. The molecule has 5 heteroatoms. The zero-order valence-electron chi connectivity index (χ0n) is 16.9. The number of thioether (sulfide) groups is 1. The lowest BCUT2D eigenvalue weighted by Crippen LogP contribution is -2.50. The number of amides is 2. The van der Waals surface area contributed by atoms with Gasteiger partial charge in [0.25, 0.3) is 0 Å². The van der Waals surface area contributed by atoms with E-state index in [9.17, 15) is 9.59 Å². The molecule has 0 spiro atoms. The fourth-order valence-electron chi connectivity index (χ4n) is 2.89. The first-order valence-corrected chi connectivity index (χ1v) is 10.8. The van der Waals surface area contributed by atoms with Crippen LogP contribution in [0, 0.1) is 0 Å². The maximum absolute atomic E-state index is 12.9. The molecule has 0 saturated carbocycles. The first-order chi connectivity index (χ1) is 13.5. The quantitative estimate of drug-likeness (QED) is 0.612. The molecule has 2 amide bonds. The molecule has 2 rings (SSSR count). The van der Waals surface area contributed by atoms with Gasteiger partial charge in [0.1, 0.15) is 6.04 Å². The van der Waals surface area contributed by atoms with Crippen LogP contribution in [0.2, 0.25) is 0 Å². The van der Waals surface area contributed by atoms with Crippen molar-refractivity contribution in [2.45, 2.75) is 50.6 Å². The van der Waals surface area contributed by atoms with Crippen LogP contribution in [0.15, 0.2) is 65.6 Å². The summed E-state index contributed by atoms with van der Waals surface area (Å²) in [5.74, 6) is 0.612. The van der Waals surface area contributed by atoms with Crippen molar-refractivity contribution < 1.29 is 9.59 Å².